The van der Waals surface area contributed by atoms with Gasteiger partial charge in [0.05, 0.1) is 23.2 Å². The normalized spacial score (nSPS) is 14.0. The van der Waals surface area contributed by atoms with Gasteiger partial charge < -0.3 is 4.57 Å². The summed E-state index contributed by atoms with van der Waals surface area (Å²) in [6.45, 7) is 0.894. The molecule has 0 spiro atoms. The summed E-state index contributed by atoms with van der Waals surface area (Å²) in [6.07, 6.45) is -2.02. The lowest BCUT2D eigenvalue weighted by Crippen LogP contribution is -2.27. The number of hydrogen-bond donors (Lipinski definition) is 0. The number of nitrogens with zero attached hydrogens (tertiary/aromatic N) is 2. The molecule has 1 aromatic carbocycles. The number of rotatable bonds is 2. The van der Waals surface area contributed by atoms with E-state index in [0.29, 0.717) is 17.7 Å². The van der Waals surface area contributed by atoms with Gasteiger partial charge in [-0.05, 0) is 29.7 Å². The van der Waals surface area contributed by atoms with Crippen LogP contribution in [-0.4, -0.2) is 17.3 Å². The lowest BCUT2D eigenvalue weighted by molar-refractivity contribution is -0.137. The lowest BCUT2D eigenvalue weighted by atomic mass is 10.0. The Bertz CT molecular complexity index is 1030. The Morgan fingerprint density at radius 1 is 1.16 bits per heavy atom. The second-order valence-corrected chi connectivity index (χ2v) is 6.68. The molecule has 0 radical (unpaired) electrons. The maximum absolute atomic E-state index is 12.9. The maximum atomic E-state index is 12.9. The highest BCUT2D eigenvalue weighted by Crippen LogP contribution is 2.30. The zero-order chi connectivity index (χ0) is 17.6. The van der Waals surface area contributed by atoms with Gasteiger partial charge in [-0.2, -0.15) is 13.2 Å². The zero-order valence-corrected chi connectivity index (χ0v) is 13.8. The Kier molecular flexibility index (Phi) is 3.76. The minimum Gasteiger partial charge on any atom is -0.302 e. The molecule has 7 heteroatoms. The van der Waals surface area contributed by atoms with Crippen molar-refractivity contribution in [3.05, 3.63) is 67.6 Å². The van der Waals surface area contributed by atoms with Crippen molar-refractivity contribution in [1.29, 1.82) is 0 Å². The van der Waals surface area contributed by atoms with E-state index in [2.05, 4.69) is 4.99 Å². The summed E-state index contributed by atoms with van der Waals surface area (Å²) in [6, 6.07) is 4.93. The highest BCUT2D eigenvalue weighted by Gasteiger charge is 2.30. The van der Waals surface area contributed by atoms with Crippen molar-refractivity contribution in [3.8, 4) is 0 Å². The number of benzene rings is 1. The van der Waals surface area contributed by atoms with Crippen molar-refractivity contribution >= 4 is 28.5 Å². The van der Waals surface area contributed by atoms with Crippen molar-refractivity contribution in [2.45, 2.75) is 19.1 Å². The van der Waals surface area contributed by atoms with Gasteiger partial charge in [0.15, 0.2) is 0 Å². The number of pyridine rings is 1. The number of thiophene rings is 1. The Morgan fingerprint density at radius 3 is 2.64 bits per heavy atom. The summed E-state index contributed by atoms with van der Waals surface area (Å²) >= 11 is 1.51. The van der Waals surface area contributed by atoms with Crippen LogP contribution in [0.15, 0.2) is 44.8 Å². The van der Waals surface area contributed by atoms with Crippen LogP contribution in [0.25, 0.3) is 10.9 Å². The number of hydrogen-bond acceptors (Lipinski definition) is 3. The quantitative estimate of drug-likeness (QED) is 0.676. The average molecular weight is 362 g/mol. The van der Waals surface area contributed by atoms with Crippen LogP contribution in [0.3, 0.4) is 0 Å². The van der Waals surface area contributed by atoms with Crippen LogP contribution >= 0.6 is 11.3 Å². The third kappa shape index (κ3) is 2.78. The second kappa shape index (κ2) is 5.84. The van der Waals surface area contributed by atoms with E-state index in [-0.39, 0.29) is 12.1 Å². The first-order valence-corrected chi connectivity index (χ1v) is 8.67. The van der Waals surface area contributed by atoms with Crippen LogP contribution in [0.2, 0.25) is 0 Å². The Hall–Kier alpha value is -2.41. The van der Waals surface area contributed by atoms with Crippen LogP contribution in [0.5, 0.6) is 0 Å². The molecule has 2 aromatic heterocycles. The Balaban J connectivity index is 1.80. The minimum absolute atomic E-state index is 0.149. The number of aliphatic imine (C=N–C) groups is 1. The van der Waals surface area contributed by atoms with Crippen LogP contribution < -0.4 is 5.56 Å². The summed E-state index contributed by atoms with van der Waals surface area (Å²) in [4.78, 5) is 17.0. The third-order valence-electron chi connectivity index (χ3n) is 4.39. The van der Waals surface area contributed by atoms with Gasteiger partial charge in [-0.25, -0.2) is 0 Å². The molecule has 3 nitrogen and oxygen atoms in total. The summed E-state index contributed by atoms with van der Waals surface area (Å²) in [5.74, 6) is 0. The molecule has 0 saturated heterocycles. The molecule has 0 unspecified atom stereocenters. The first-order chi connectivity index (χ1) is 11.9. The van der Waals surface area contributed by atoms with Gasteiger partial charge in [-0.1, -0.05) is 12.1 Å². The van der Waals surface area contributed by atoms with E-state index < -0.39 is 11.7 Å². The third-order valence-corrected chi connectivity index (χ3v) is 5.12. The van der Waals surface area contributed by atoms with Crippen molar-refractivity contribution in [3.63, 3.8) is 0 Å². The van der Waals surface area contributed by atoms with E-state index in [1.807, 2.05) is 10.8 Å². The van der Waals surface area contributed by atoms with E-state index in [0.717, 1.165) is 35.0 Å². The smallest absolute Gasteiger partial charge is 0.302 e. The molecule has 0 bridgehead atoms. The van der Waals surface area contributed by atoms with Gasteiger partial charge in [-0.3, -0.25) is 9.79 Å². The topological polar surface area (TPSA) is 34.4 Å². The maximum Gasteiger partial charge on any atom is 0.416 e. The summed E-state index contributed by atoms with van der Waals surface area (Å²) in [5, 5.41) is 4.95. The van der Waals surface area contributed by atoms with Crippen molar-refractivity contribution in [1.82, 2.24) is 4.57 Å². The standard InChI is InChI=1S/C18H13F3N2OS/c19-18(20,21)12-3-1-11(2-4-12)8-23-16-10-25-9-15(16)13-5-6-22-7-14(13)17(23)24/h1-4,7,9-10H,5-6,8H2. The molecule has 0 fully saturated rings. The van der Waals surface area contributed by atoms with Gasteiger partial charge in [-0.15, -0.1) is 11.3 Å². The van der Waals surface area contributed by atoms with E-state index in [4.69, 9.17) is 0 Å². The molecule has 3 aromatic rings. The molecule has 1 aliphatic heterocycles. The number of fused-ring (bicyclic) bond motifs is 3. The van der Waals surface area contributed by atoms with Crippen molar-refractivity contribution in [2.75, 3.05) is 6.54 Å². The predicted octanol–water partition coefficient (Wildman–Crippen LogP) is 4.11. The monoisotopic (exact) mass is 362 g/mol. The van der Waals surface area contributed by atoms with Gasteiger partial charge in [0.25, 0.3) is 5.56 Å². The SMILES string of the molecule is O=c1c2c(c3cscc3n1Cc1ccc(C(F)(F)F)cc1)CCN=C2. The lowest BCUT2D eigenvalue weighted by Gasteiger charge is -2.16. The van der Waals surface area contributed by atoms with Crippen LogP contribution in [0.1, 0.15) is 22.3 Å². The fraction of sp³-hybridized carbons (Fsp3) is 0.222. The highest BCUT2D eigenvalue weighted by molar-refractivity contribution is 7.09. The van der Waals surface area contributed by atoms with Gasteiger partial charge in [0, 0.05) is 28.9 Å². The number of halogens is 3. The molecular weight excluding hydrogens is 349 g/mol. The van der Waals surface area contributed by atoms with Gasteiger partial charge >= 0.3 is 6.18 Å². The van der Waals surface area contributed by atoms with Crippen molar-refractivity contribution in [2.24, 2.45) is 4.99 Å². The molecule has 25 heavy (non-hydrogen) atoms. The van der Waals surface area contributed by atoms with Crippen LogP contribution in [0, 0.1) is 0 Å². The summed E-state index contributed by atoms with van der Waals surface area (Å²) in [7, 11) is 0. The van der Waals surface area contributed by atoms with Gasteiger partial charge in [0.1, 0.15) is 0 Å². The predicted molar refractivity (Wildman–Crippen MR) is 92.8 cm³/mol. The molecule has 0 amide bonds. The summed E-state index contributed by atoms with van der Waals surface area (Å²) < 4.78 is 39.7. The molecule has 128 valence electrons. The number of aromatic nitrogens is 1. The fourth-order valence-electron chi connectivity index (χ4n) is 3.13. The Labute approximate surface area is 145 Å². The van der Waals surface area contributed by atoms with Crippen LogP contribution in [-0.2, 0) is 19.1 Å². The average Bonchev–Trinajstić information content (AvgIpc) is 3.08. The van der Waals surface area contributed by atoms with E-state index in [1.54, 1.807) is 10.8 Å². The molecular formula is C18H13F3N2OS. The zero-order valence-electron chi connectivity index (χ0n) is 13.0. The van der Waals surface area contributed by atoms with E-state index >= 15 is 0 Å². The minimum atomic E-state index is -4.36. The fourth-order valence-corrected chi connectivity index (χ4v) is 3.98. The molecule has 3 heterocycles. The molecule has 0 atom stereocenters. The van der Waals surface area contributed by atoms with Gasteiger partial charge in [0.2, 0.25) is 0 Å². The molecule has 4 rings (SSSR count). The van der Waals surface area contributed by atoms with Crippen molar-refractivity contribution < 1.29 is 13.2 Å². The second-order valence-electron chi connectivity index (χ2n) is 5.93. The molecule has 0 saturated carbocycles. The number of alkyl halides is 3. The highest BCUT2D eigenvalue weighted by atomic mass is 32.1. The van der Waals surface area contributed by atoms with E-state index in [1.165, 1.54) is 23.5 Å². The largest absolute Gasteiger partial charge is 0.416 e. The van der Waals surface area contributed by atoms with E-state index in [9.17, 15) is 18.0 Å². The molecule has 0 N–H and O–H groups in total. The molecule has 1 aliphatic rings. The molecule has 0 aliphatic carbocycles. The first kappa shape index (κ1) is 16.1. The van der Waals surface area contributed by atoms with Crippen LogP contribution in [0.4, 0.5) is 13.2 Å². The Morgan fingerprint density at radius 2 is 1.92 bits per heavy atom. The first-order valence-electron chi connectivity index (χ1n) is 7.72. The summed E-state index contributed by atoms with van der Waals surface area (Å²) in [5.41, 5.74) is 2.23.